The maximum atomic E-state index is 2.60. The fourth-order valence-electron chi connectivity index (χ4n) is 12.1. The Hall–Kier alpha value is -5.60. The Morgan fingerprint density at radius 2 is 1.16 bits per heavy atom. The van der Waals surface area contributed by atoms with Crippen molar-refractivity contribution in [1.82, 2.24) is 9.13 Å². The van der Waals surface area contributed by atoms with Crippen LogP contribution in [0.2, 0.25) is 0 Å². The first-order valence-corrected chi connectivity index (χ1v) is 18.9. The molecule has 2 bridgehead atoms. The van der Waals surface area contributed by atoms with Gasteiger partial charge in [0.05, 0.1) is 22.1 Å². The summed E-state index contributed by atoms with van der Waals surface area (Å²) < 4.78 is 4.99. The third kappa shape index (κ3) is 3.31. The van der Waals surface area contributed by atoms with Crippen LogP contribution in [-0.2, 0) is 0 Å². The van der Waals surface area contributed by atoms with Crippen LogP contribution in [0.25, 0.3) is 76.9 Å². The quantitative estimate of drug-likeness (QED) is 0.180. The highest BCUT2D eigenvalue weighted by Gasteiger charge is 2.71. The van der Waals surface area contributed by atoms with Gasteiger partial charge in [0, 0.05) is 38.3 Å². The van der Waals surface area contributed by atoms with E-state index >= 15 is 0 Å². The van der Waals surface area contributed by atoms with Crippen molar-refractivity contribution in [3.8, 4) is 22.5 Å². The predicted molar refractivity (Wildman–Crippen MR) is 211 cm³/mol. The molecule has 51 heavy (non-hydrogen) atoms. The van der Waals surface area contributed by atoms with Crippen LogP contribution < -0.4 is 0 Å². The number of hydrogen-bond donors (Lipinski definition) is 0. The number of nitrogens with zero attached hydrogens (tertiary/aromatic N) is 2. The van der Waals surface area contributed by atoms with E-state index in [-0.39, 0.29) is 0 Å². The third-order valence-electron chi connectivity index (χ3n) is 14.2. The van der Waals surface area contributed by atoms with Gasteiger partial charge in [0.2, 0.25) is 0 Å². The Morgan fingerprint density at radius 3 is 2.00 bits per heavy atom. The van der Waals surface area contributed by atoms with Crippen LogP contribution in [0.4, 0.5) is 0 Å². The van der Waals surface area contributed by atoms with E-state index in [4.69, 9.17) is 0 Å². The molecule has 0 amide bonds. The van der Waals surface area contributed by atoms with Crippen molar-refractivity contribution in [2.24, 2.45) is 17.3 Å². The first-order chi connectivity index (χ1) is 25.2. The second-order valence-corrected chi connectivity index (χ2v) is 16.2. The molecule has 4 aliphatic rings. The van der Waals surface area contributed by atoms with Gasteiger partial charge in [-0.2, -0.15) is 0 Å². The minimum atomic E-state index is 0.660. The third-order valence-corrected chi connectivity index (χ3v) is 14.2. The number of aromatic nitrogens is 2. The Labute approximate surface area is 296 Å². The molecule has 2 nitrogen and oxygen atoms in total. The molecule has 2 heteroatoms. The van der Waals surface area contributed by atoms with Crippen molar-refractivity contribution in [2.75, 3.05) is 0 Å². The van der Waals surface area contributed by atoms with Crippen LogP contribution in [0, 0.1) is 17.3 Å². The molecule has 0 aliphatic heterocycles. The van der Waals surface area contributed by atoms with Crippen molar-refractivity contribution >= 4 is 54.4 Å². The van der Waals surface area contributed by atoms with Gasteiger partial charge < -0.3 is 9.13 Å². The SMILES string of the molecule is c1ccc(-n2c3ccc(-c4ccc5c(c4)c4ccccc4n5-c4ccc5c(c4)C4CC6CC7CC5CC764)cc3c3ccc4ccccc4c32)cc1. The average Bonchev–Trinajstić information content (AvgIpc) is 3.84. The molecule has 4 aliphatic carbocycles. The Kier molecular flexibility index (Phi) is 5.00. The maximum absolute atomic E-state index is 2.60. The number of para-hydroxylation sites is 2. The van der Waals surface area contributed by atoms with Gasteiger partial charge in [-0.3, -0.25) is 0 Å². The smallest absolute Gasteiger partial charge is 0.0619 e. The van der Waals surface area contributed by atoms with Crippen LogP contribution in [0.3, 0.4) is 0 Å². The van der Waals surface area contributed by atoms with Gasteiger partial charge in [0.1, 0.15) is 0 Å². The molecule has 3 fully saturated rings. The van der Waals surface area contributed by atoms with Crippen molar-refractivity contribution in [1.29, 1.82) is 0 Å². The number of hydrogen-bond acceptors (Lipinski definition) is 0. The molecule has 0 radical (unpaired) electrons. The highest BCUT2D eigenvalue weighted by molar-refractivity contribution is 6.19. The van der Waals surface area contributed by atoms with Crippen molar-refractivity contribution < 1.29 is 0 Å². The van der Waals surface area contributed by atoms with E-state index in [9.17, 15) is 0 Å². The highest BCUT2D eigenvalue weighted by atomic mass is 15.0. The van der Waals surface area contributed by atoms with E-state index in [1.54, 1.807) is 11.1 Å². The second kappa shape index (κ2) is 9.38. The molecule has 5 atom stereocenters. The molecule has 2 heterocycles. The van der Waals surface area contributed by atoms with Crippen LogP contribution >= 0.6 is 0 Å². The number of rotatable bonds is 3. The number of fused-ring (bicyclic) bond motifs is 12. The van der Waals surface area contributed by atoms with Crippen molar-refractivity contribution in [3.63, 3.8) is 0 Å². The Balaban J connectivity index is 0.994. The summed E-state index contributed by atoms with van der Waals surface area (Å²) in [6.07, 6.45) is 5.82. The first kappa shape index (κ1) is 27.2. The topological polar surface area (TPSA) is 9.86 Å². The minimum Gasteiger partial charge on any atom is -0.309 e. The molecule has 2 aromatic heterocycles. The van der Waals surface area contributed by atoms with E-state index in [1.165, 1.54) is 103 Å². The van der Waals surface area contributed by atoms with E-state index in [2.05, 4.69) is 155 Å². The lowest BCUT2D eigenvalue weighted by molar-refractivity contribution is -0.146. The van der Waals surface area contributed by atoms with Crippen LogP contribution in [0.15, 0.2) is 146 Å². The number of benzene rings is 7. The van der Waals surface area contributed by atoms with Crippen LogP contribution in [0.5, 0.6) is 0 Å². The molecule has 0 N–H and O–H groups in total. The zero-order valence-corrected chi connectivity index (χ0v) is 28.4. The van der Waals surface area contributed by atoms with Gasteiger partial charge >= 0.3 is 0 Å². The Morgan fingerprint density at radius 1 is 0.451 bits per heavy atom. The molecule has 242 valence electrons. The summed E-state index contributed by atoms with van der Waals surface area (Å²) in [6.45, 7) is 0. The highest BCUT2D eigenvalue weighted by Crippen LogP contribution is 2.81. The van der Waals surface area contributed by atoms with Crippen LogP contribution in [0.1, 0.15) is 48.6 Å². The first-order valence-electron chi connectivity index (χ1n) is 18.9. The standard InChI is InChI=1S/C49H36N2/c1-2-9-35(10-3-1)51-47-21-16-31(24-43(47)40-18-14-29-8-4-5-11-38(29)48(40)51)30-15-20-46-42(23-30)39-12-6-7-13-45(39)50(46)36-17-19-37-32-22-33-25-34-26-44(41(37)27-36)49(33,34)28-32/h1-21,23-24,27,32-34,44H,22,25-26,28H2. The molecule has 9 aromatic rings. The molecule has 1 spiro atoms. The molecule has 3 saturated carbocycles. The molecule has 13 rings (SSSR count). The predicted octanol–water partition coefficient (Wildman–Crippen LogP) is 12.7. The summed E-state index contributed by atoms with van der Waals surface area (Å²) in [5.74, 6) is 3.58. The fourth-order valence-corrected chi connectivity index (χ4v) is 12.1. The summed E-state index contributed by atoms with van der Waals surface area (Å²) >= 11 is 0. The summed E-state index contributed by atoms with van der Waals surface area (Å²) in [6, 6.07) is 55.0. The van der Waals surface area contributed by atoms with Gasteiger partial charge in [0.15, 0.2) is 0 Å². The van der Waals surface area contributed by atoms with E-state index in [0.29, 0.717) is 5.41 Å². The minimum absolute atomic E-state index is 0.660. The Bertz CT molecular complexity index is 2960. The summed E-state index contributed by atoms with van der Waals surface area (Å²) in [4.78, 5) is 0. The summed E-state index contributed by atoms with van der Waals surface area (Å²) in [5.41, 5.74) is 14.1. The zero-order valence-electron chi connectivity index (χ0n) is 28.4. The largest absolute Gasteiger partial charge is 0.309 e. The van der Waals surface area contributed by atoms with Gasteiger partial charge in [-0.15, -0.1) is 0 Å². The van der Waals surface area contributed by atoms with E-state index in [1.807, 2.05) is 0 Å². The molecule has 0 saturated heterocycles. The van der Waals surface area contributed by atoms with Crippen molar-refractivity contribution in [3.05, 3.63) is 157 Å². The van der Waals surface area contributed by atoms with Crippen molar-refractivity contribution in [2.45, 2.75) is 37.5 Å². The van der Waals surface area contributed by atoms with Gasteiger partial charge in [0.25, 0.3) is 0 Å². The summed E-state index contributed by atoms with van der Waals surface area (Å²) in [5, 5.41) is 7.77. The zero-order chi connectivity index (χ0) is 33.0. The van der Waals surface area contributed by atoms with E-state index in [0.717, 1.165) is 23.7 Å². The molecular formula is C49H36N2. The molecule has 7 aromatic carbocycles. The second-order valence-electron chi connectivity index (χ2n) is 16.2. The average molecular weight is 653 g/mol. The fraction of sp³-hybridized carbons (Fsp3) is 0.184. The van der Waals surface area contributed by atoms with E-state index < -0.39 is 0 Å². The maximum Gasteiger partial charge on any atom is 0.0619 e. The van der Waals surface area contributed by atoms with Gasteiger partial charge in [-0.05, 0) is 137 Å². The monoisotopic (exact) mass is 652 g/mol. The normalized spacial score (nSPS) is 24.2. The van der Waals surface area contributed by atoms with Gasteiger partial charge in [-0.1, -0.05) is 91.0 Å². The lowest BCUT2D eigenvalue weighted by atomic mass is 9.36. The lowest BCUT2D eigenvalue weighted by Crippen LogP contribution is -2.59. The van der Waals surface area contributed by atoms with Gasteiger partial charge in [-0.25, -0.2) is 0 Å². The lowest BCUT2D eigenvalue weighted by Gasteiger charge is -2.68. The molecular weight excluding hydrogens is 617 g/mol. The summed E-state index contributed by atoms with van der Waals surface area (Å²) in [7, 11) is 0. The van der Waals surface area contributed by atoms with Crippen LogP contribution in [-0.4, -0.2) is 9.13 Å². The molecule has 5 unspecified atom stereocenters.